The number of carboxylic acids is 1. The summed E-state index contributed by atoms with van der Waals surface area (Å²) in [6.07, 6.45) is 5.89. The van der Waals surface area contributed by atoms with Crippen molar-refractivity contribution in [3.05, 3.63) is 35.4 Å². The lowest BCUT2D eigenvalue weighted by atomic mass is 9.95. The third-order valence-corrected chi connectivity index (χ3v) is 4.16. The standard InChI is InChI=1S/C19H22N2O4/c1-13(19(23)24)25-17-9-7-14(8-10-17)11-15(12-20)18(22)21-16-5-3-2-4-6-16/h7-11,13,16H,2-6H2,1H3,(H,21,22)(H,23,24)/b15-11+. The predicted octanol–water partition coefficient (Wildman–Crippen LogP) is 2.89. The second kappa shape index (κ2) is 8.88. The van der Waals surface area contributed by atoms with E-state index >= 15 is 0 Å². The summed E-state index contributed by atoms with van der Waals surface area (Å²) in [4.78, 5) is 23.0. The van der Waals surface area contributed by atoms with Crippen molar-refractivity contribution in [2.24, 2.45) is 0 Å². The van der Waals surface area contributed by atoms with Crippen molar-refractivity contribution in [2.75, 3.05) is 0 Å². The molecule has 1 aliphatic carbocycles. The molecule has 0 bridgehead atoms. The van der Waals surface area contributed by atoms with Crippen LogP contribution in [0.3, 0.4) is 0 Å². The van der Waals surface area contributed by atoms with E-state index in [1.54, 1.807) is 24.3 Å². The first-order chi connectivity index (χ1) is 12.0. The van der Waals surface area contributed by atoms with Crippen LogP contribution < -0.4 is 10.1 Å². The maximum atomic E-state index is 12.2. The molecule has 0 spiro atoms. The Morgan fingerprint density at radius 2 is 1.92 bits per heavy atom. The number of benzene rings is 1. The zero-order valence-electron chi connectivity index (χ0n) is 14.2. The van der Waals surface area contributed by atoms with Gasteiger partial charge in [0.15, 0.2) is 6.10 Å². The minimum Gasteiger partial charge on any atom is -0.479 e. The Morgan fingerprint density at radius 1 is 1.28 bits per heavy atom. The molecule has 1 aromatic carbocycles. The van der Waals surface area contributed by atoms with Gasteiger partial charge in [0.05, 0.1) is 0 Å². The van der Waals surface area contributed by atoms with Crippen LogP contribution in [0.25, 0.3) is 6.08 Å². The molecule has 2 rings (SSSR count). The molecule has 0 heterocycles. The predicted molar refractivity (Wildman–Crippen MR) is 92.8 cm³/mol. The van der Waals surface area contributed by atoms with Crippen molar-refractivity contribution < 1.29 is 19.4 Å². The van der Waals surface area contributed by atoms with E-state index in [2.05, 4.69) is 5.32 Å². The summed E-state index contributed by atoms with van der Waals surface area (Å²) in [5, 5.41) is 21.0. The van der Waals surface area contributed by atoms with Crippen molar-refractivity contribution in [1.82, 2.24) is 5.32 Å². The van der Waals surface area contributed by atoms with Gasteiger partial charge in [-0.1, -0.05) is 31.4 Å². The van der Waals surface area contributed by atoms with Gasteiger partial charge in [-0.25, -0.2) is 4.79 Å². The number of hydrogen-bond acceptors (Lipinski definition) is 4. The molecule has 1 unspecified atom stereocenters. The highest BCUT2D eigenvalue weighted by Gasteiger charge is 2.18. The number of nitriles is 1. The Bertz CT molecular complexity index is 682. The van der Waals surface area contributed by atoms with Crippen LogP contribution in [0.15, 0.2) is 29.8 Å². The first kappa shape index (κ1) is 18.5. The van der Waals surface area contributed by atoms with Gasteiger partial charge in [-0.3, -0.25) is 4.79 Å². The van der Waals surface area contributed by atoms with Crippen LogP contribution in [-0.2, 0) is 9.59 Å². The average molecular weight is 342 g/mol. The summed E-state index contributed by atoms with van der Waals surface area (Å²) in [6.45, 7) is 1.44. The summed E-state index contributed by atoms with van der Waals surface area (Å²) >= 11 is 0. The SMILES string of the molecule is CC(Oc1ccc(/C=C(\C#N)C(=O)NC2CCCCC2)cc1)C(=O)O. The third-order valence-electron chi connectivity index (χ3n) is 4.16. The highest BCUT2D eigenvalue weighted by atomic mass is 16.5. The number of hydrogen-bond donors (Lipinski definition) is 2. The zero-order valence-corrected chi connectivity index (χ0v) is 14.2. The normalized spacial score (nSPS) is 16.6. The largest absolute Gasteiger partial charge is 0.479 e. The molecule has 25 heavy (non-hydrogen) atoms. The first-order valence-corrected chi connectivity index (χ1v) is 8.42. The number of nitrogens with one attached hydrogen (secondary N) is 1. The van der Waals surface area contributed by atoms with Crippen molar-refractivity contribution in [3.63, 3.8) is 0 Å². The molecule has 0 aromatic heterocycles. The van der Waals surface area contributed by atoms with E-state index in [0.29, 0.717) is 11.3 Å². The molecule has 0 aliphatic heterocycles. The molecule has 1 atom stereocenters. The quantitative estimate of drug-likeness (QED) is 0.612. The second-order valence-electron chi connectivity index (χ2n) is 6.15. The van der Waals surface area contributed by atoms with Crippen molar-refractivity contribution in [3.8, 4) is 11.8 Å². The fraction of sp³-hybridized carbons (Fsp3) is 0.421. The minimum absolute atomic E-state index is 0.0538. The lowest BCUT2D eigenvalue weighted by molar-refractivity contribution is -0.144. The molecular weight excluding hydrogens is 320 g/mol. The van der Waals surface area contributed by atoms with Gasteiger partial charge in [-0.05, 0) is 43.5 Å². The summed E-state index contributed by atoms with van der Waals surface area (Å²) in [5.74, 6) is -0.985. The summed E-state index contributed by atoms with van der Waals surface area (Å²) in [5.41, 5.74) is 0.726. The monoisotopic (exact) mass is 342 g/mol. The van der Waals surface area contributed by atoms with Gasteiger partial charge >= 0.3 is 5.97 Å². The molecule has 132 valence electrons. The molecule has 0 saturated heterocycles. The van der Waals surface area contributed by atoms with Crippen molar-refractivity contribution >= 4 is 18.0 Å². The molecule has 1 saturated carbocycles. The molecule has 1 fully saturated rings. The second-order valence-corrected chi connectivity index (χ2v) is 6.15. The highest BCUT2D eigenvalue weighted by Crippen LogP contribution is 2.19. The van der Waals surface area contributed by atoms with Crippen LogP contribution in [0.4, 0.5) is 0 Å². The minimum atomic E-state index is -1.05. The Labute approximate surface area is 147 Å². The fourth-order valence-corrected chi connectivity index (χ4v) is 2.72. The van der Waals surface area contributed by atoms with Crippen LogP contribution >= 0.6 is 0 Å². The van der Waals surface area contributed by atoms with Crippen LogP contribution in [0.5, 0.6) is 5.75 Å². The molecule has 1 aromatic rings. The molecular formula is C19H22N2O4. The average Bonchev–Trinajstić information content (AvgIpc) is 2.61. The number of amides is 1. The smallest absolute Gasteiger partial charge is 0.344 e. The Kier molecular flexibility index (Phi) is 6.58. The van der Waals surface area contributed by atoms with Gasteiger partial charge in [-0.2, -0.15) is 5.26 Å². The van der Waals surface area contributed by atoms with Crippen LogP contribution in [0, 0.1) is 11.3 Å². The topological polar surface area (TPSA) is 99.4 Å². The number of carbonyl (C=O) groups excluding carboxylic acids is 1. The summed E-state index contributed by atoms with van der Waals surface area (Å²) in [7, 11) is 0. The van der Waals surface area contributed by atoms with E-state index in [4.69, 9.17) is 9.84 Å². The molecule has 0 radical (unpaired) electrons. The maximum Gasteiger partial charge on any atom is 0.344 e. The Balaban J connectivity index is 2.01. The van der Waals surface area contributed by atoms with E-state index in [-0.39, 0.29) is 17.5 Å². The van der Waals surface area contributed by atoms with Crippen LogP contribution in [0.1, 0.15) is 44.6 Å². The molecule has 1 amide bonds. The Hall–Kier alpha value is -2.81. The maximum absolute atomic E-state index is 12.2. The van der Waals surface area contributed by atoms with Crippen molar-refractivity contribution in [1.29, 1.82) is 5.26 Å². The van der Waals surface area contributed by atoms with Gasteiger partial charge in [-0.15, -0.1) is 0 Å². The van der Waals surface area contributed by atoms with Crippen LogP contribution in [0.2, 0.25) is 0 Å². The Morgan fingerprint density at radius 3 is 2.48 bits per heavy atom. The van der Waals surface area contributed by atoms with Crippen molar-refractivity contribution in [2.45, 2.75) is 51.2 Å². The van der Waals surface area contributed by atoms with E-state index in [1.165, 1.54) is 19.4 Å². The van der Waals surface area contributed by atoms with Gasteiger partial charge in [0, 0.05) is 6.04 Å². The number of carbonyl (C=O) groups is 2. The fourth-order valence-electron chi connectivity index (χ4n) is 2.72. The third kappa shape index (κ3) is 5.64. The van der Waals surface area contributed by atoms with E-state index in [1.807, 2.05) is 6.07 Å². The number of aliphatic carboxylic acids is 1. The number of ether oxygens (including phenoxy) is 1. The first-order valence-electron chi connectivity index (χ1n) is 8.42. The zero-order chi connectivity index (χ0) is 18.2. The van der Waals surface area contributed by atoms with E-state index in [0.717, 1.165) is 25.7 Å². The summed E-state index contributed by atoms with van der Waals surface area (Å²) in [6, 6.07) is 8.66. The number of nitrogens with zero attached hydrogens (tertiary/aromatic N) is 1. The molecule has 1 aliphatic rings. The highest BCUT2D eigenvalue weighted by molar-refractivity contribution is 6.01. The number of rotatable bonds is 6. The lowest BCUT2D eigenvalue weighted by Crippen LogP contribution is -2.36. The van der Waals surface area contributed by atoms with E-state index < -0.39 is 12.1 Å². The van der Waals surface area contributed by atoms with Gasteiger partial charge in [0.25, 0.3) is 5.91 Å². The molecule has 6 nitrogen and oxygen atoms in total. The molecule has 2 N–H and O–H groups in total. The number of carboxylic acid groups (broad SMARTS) is 1. The van der Waals surface area contributed by atoms with Crippen LogP contribution in [-0.4, -0.2) is 29.1 Å². The summed E-state index contributed by atoms with van der Waals surface area (Å²) < 4.78 is 5.25. The van der Waals surface area contributed by atoms with Gasteiger partial charge in [0.2, 0.25) is 0 Å². The molecule has 6 heteroatoms. The van der Waals surface area contributed by atoms with Gasteiger partial charge < -0.3 is 15.2 Å². The van der Waals surface area contributed by atoms with E-state index in [9.17, 15) is 14.9 Å². The lowest BCUT2D eigenvalue weighted by Gasteiger charge is -2.22. The van der Waals surface area contributed by atoms with Gasteiger partial charge in [0.1, 0.15) is 17.4 Å².